The molecule has 0 aromatic rings. The number of rotatable bonds is 42. The van der Waals surface area contributed by atoms with Crippen LogP contribution in [0.1, 0.15) is 0 Å². The Bertz CT molecular complexity index is 1400. The molecule has 0 heterocycles. The maximum atomic E-state index is 12.6. The molecule has 4 unspecified atom stereocenters. The molecule has 0 aromatic heterocycles. The predicted octanol–water partition coefficient (Wildman–Crippen LogP) is -20.2. The molecule has 0 aliphatic heterocycles. The van der Waals surface area contributed by atoms with Gasteiger partial charge in [-0.25, -0.2) is 0 Å². The summed E-state index contributed by atoms with van der Waals surface area (Å²) in [5.74, 6) is 0. The van der Waals surface area contributed by atoms with Gasteiger partial charge in [0.25, 0.3) is 60.1 Å². The van der Waals surface area contributed by atoms with E-state index in [9.17, 15) is 91.1 Å². The Morgan fingerprint density at radius 1 is 0.400 bits per heavy atom. The Morgan fingerprint density at radius 3 is 0.957 bits per heavy atom. The fraction of sp³-hybridized carbons (Fsp3) is 1.00. The SMILES string of the molecule is CO[Si]([Si])(O[Si]([Si](O[Si]O)([Si]O)[Si]O)([Si](O[Si]O)([Si]O)[Si]O)[Si](O[SiH](C)O[Si](C)(C)C)(O[Si](O[Si]O)([Si]O)[Si](C)(C)O)[Si](O[Si](O[Si]O)([Si]O)[Si]O)([Si](O[Si]O)([Si]O)[Si]O)[Si](O[Si]O)([Si]O)[Si]O)[Si]O. The average Bonchev–Trinajstić information content (AvgIpc) is 3.32. The van der Waals surface area contributed by atoms with Crippen molar-refractivity contribution >= 4 is 278 Å². The minimum atomic E-state index is -7.07. The number of hydrogen-bond donors (Lipinski definition) is 19. The van der Waals surface area contributed by atoms with Crippen LogP contribution in [0.15, 0.2) is 0 Å². The van der Waals surface area contributed by atoms with Gasteiger partial charge < -0.3 is 141 Å². The molecule has 0 aliphatic rings. The molecule has 39 radical (unpaired) electrons. The molecule has 383 valence electrons. The summed E-state index contributed by atoms with van der Waals surface area (Å²) in [6, 6.07) is 0. The fourth-order valence-electron chi connectivity index (χ4n) is 6.12. The van der Waals surface area contributed by atoms with Gasteiger partial charge in [-0.05, 0) is 39.3 Å². The molecule has 31 nitrogen and oxygen atoms in total. The van der Waals surface area contributed by atoms with E-state index in [4.69, 9.17) is 49.7 Å². The van der Waals surface area contributed by atoms with Gasteiger partial charge in [-0.15, -0.1) is 0 Å². The highest BCUT2D eigenvalue weighted by molar-refractivity contribution is 8.23. The van der Waals surface area contributed by atoms with Crippen LogP contribution in [0.4, 0.5) is 0 Å². The van der Waals surface area contributed by atoms with Crippen LogP contribution in [0.2, 0.25) is 39.3 Å². The third kappa shape index (κ3) is 15.3. The molecule has 70 heavy (non-hydrogen) atoms. The van der Waals surface area contributed by atoms with E-state index in [0.29, 0.717) is 0 Å². The molecule has 63 heteroatoms. The first kappa shape index (κ1) is 75.7. The first-order chi connectivity index (χ1) is 32.6. The molecule has 0 saturated heterocycles. The van der Waals surface area contributed by atoms with Gasteiger partial charge in [0.2, 0.25) is 110 Å². The summed E-state index contributed by atoms with van der Waals surface area (Å²) in [7, 11) is -65.1. The number of hydrogen-bond acceptors (Lipinski definition) is 31. The summed E-state index contributed by atoms with van der Waals surface area (Å²) in [6.07, 6.45) is 0. The molecule has 0 aromatic carbocycles. The summed E-state index contributed by atoms with van der Waals surface area (Å²) in [4.78, 5) is 222. The average molecular weight is 1520 g/mol. The normalized spacial score (nSPS) is 17.4. The van der Waals surface area contributed by atoms with Crippen LogP contribution >= 0.6 is 0 Å². The van der Waals surface area contributed by atoms with Crippen LogP contribution in [0.25, 0.3) is 0 Å². The third-order valence-electron chi connectivity index (χ3n) is 8.76. The van der Waals surface area contributed by atoms with Gasteiger partial charge in [0.15, 0.2) is 8.32 Å². The van der Waals surface area contributed by atoms with Gasteiger partial charge in [-0.3, -0.25) is 0 Å². The largest absolute Gasteiger partial charge is 0.439 e. The van der Waals surface area contributed by atoms with Gasteiger partial charge >= 0.3 is 90.4 Å². The van der Waals surface area contributed by atoms with E-state index in [1.165, 1.54) is 6.55 Å². The zero-order valence-corrected chi connectivity index (χ0v) is 68.6. The van der Waals surface area contributed by atoms with Crippen LogP contribution in [-0.4, -0.2) is 376 Å². The second-order valence-corrected chi connectivity index (χ2v) is 148. The summed E-state index contributed by atoms with van der Waals surface area (Å²) in [5, 5.41) is 0. The third-order valence-corrected chi connectivity index (χ3v) is 248. The molecule has 0 aliphatic carbocycles. The Labute approximate surface area is 460 Å². The minimum Gasteiger partial charge on any atom is -0.439 e. The van der Waals surface area contributed by atoms with Crippen molar-refractivity contribution in [2.24, 2.45) is 0 Å². The van der Waals surface area contributed by atoms with Crippen LogP contribution in [-0.2, 0) is 49.7 Å². The first-order valence-electron chi connectivity index (χ1n) is 17.5. The molecule has 19 N–H and O–H groups in total. The molecule has 0 amide bonds. The maximum absolute atomic E-state index is 12.6. The van der Waals surface area contributed by atoms with Crippen molar-refractivity contribution in [1.82, 2.24) is 0 Å². The molecule has 0 rings (SSSR count). The fourth-order valence-corrected chi connectivity index (χ4v) is 414. The molecule has 0 bridgehead atoms. The lowest BCUT2D eigenvalue weighted by atomic mass is 11.8. The Kier molecular flexibility index (Phi) is 35.8. The minimum absolute atomic E-state index is 0.945. The predicted molar refractivity (Wildman–Crippen MR) is 282 cm³/mol. The van der Waals surface area contributed by atoms with Gasteiger partial charge in [-0.1, -0.05) is 0 Å². The zero-order valence-electron chi connectivity index (χ0n) is 36.5. The zero-order chi connectivity index (χ0) is 54.8. The summed E-state index contributed by atoms with van der Waals surface area (Å²) < 4.78 is 78.3. The van der Waals surface area contributed by atoms with Crippen LogP contribution < -0.4 is 0 Å². The topological polar surface area (TPSA) is 495 Å². The van der Waals surface area contributed by atoms with Gasteiger partial charge in [0.1, 0.15) is 0 Å². The van der Waals surface area contributed by atoms with E-state index < -0.39 is 268 Å². The van der Waals surface area contributed by atoms with E-state index in [2.05, 4.69) is 9.76 Å². The van der Waals surface area contributed by atoms with Crippen LogP contribution in [0.3, 0.4) is 0 Å². The van der Waals surface area contributed by atoms with Gasteiger partial charge in [0.05, 0.1) is 9.76 Å². The Morgan fingerprint density at radius 2 is 0.729 bits per heavy atom. The molecular formula is C7H41O31Si32. The highest BCUT2D eigenvalue weighted by Crippen LogP contribution is 2.51. The lowest BCUT2D eigenvalue weighted by molar-refractivity contribution is 0.305. The van der Waals surface area contributed by atoms with Crippen molar-refractivity contribution in [2.75, 3.05) is 7.11 Å². The smallest absolute Gasteiger partial charge is 0.420 e. The van der Waals surface area contributed by atoms with Crippen molar-refractivity contribution in [3.8, 4) is 0 Å². The highest BCUT2D eigenvalue weighted by atomic mass is 30.5. The van der Waals surface area contributed by atoms with Crippen molar-refractivity contribution in [2.45, 2.75) is 39.3 Å². The highest BCUT2D eigenvalue weighted by Gasteiger charge is 2.99. The van der Waals surface area contributed by atoms with Crippen LogP contribution in [0, 0.1) is 0 Å². The van der Waals surface area contributed by atoms with E-state index in [1.54, 1.807) is 19.6 Å². The molecule has 4 atom stereocenters. The summed E-state index contributed by atoms with van der Waals surface area (Å²) in [6.45, 7) is -28.5. The van der Waals surface area contributed by atoms with Gasteiger partial charge in [-0.2, -0.15) is 0 Å². The van der Waals surface area contributed by atoms with E-state index in [1.807, 2.05) is 0 Å². The second kappa shape index (κ2) is 33.1. The molecular weight excluding hydrogens is 1480 g/mol. The van der Waals surface area contributed by atoms with Crippen molar-refractivity contribution in [3.05, 3.63) is 0 Å². The van der Waals surface area contributed by atoms with Crippen LogP contribution in [0.5, 0.6) is 0 Å². The first-order valence-corrected chi connectivity index (χ1v) is 81.7. The molecule has 0 spiro atoms. The van der Waals surface area contributed by atoms with Crippen molar-refractivity contribution in [1.29, 1.82) is 0 Å². The van der Waals surface area contributed by atoms with E-state index in [0.717, 1.165) is 20.2 Å². The van der Waals surface area contributed by atoms with Crippen molar-refractivity contribution in [3.63, 3.8) is 0 Å². The summed E-state index contributed by atoms with van der Waals surface area (Å²) in [5.41, 5.74) is 0. The monoisotopic (exact) mass is 1520 g/mol. The Balaban J connectivity index is 12.5. The van der Waals surface area contributed by atoms with E-state index >= 15 is 0 Å². The van der Waals surface area contributed by atoms with Crippen molar-refractivity contribution < 1.29 is 141 Å². The van der Waals surface area contributed by atoms with Gasteiger partial charge in [0, 0.05) is 7.11 Å². The standard InChI is InChI=1S/C7H41O31Si32/c1-27-61(39,46-14)36-69(65(50-18,51-19)30-42-10,66(52-20,53-21)31-43-11)64(35-58(2)34-59(3,4)5,38-63(49-17,29-41-9)60(6,7)26)70(67(54-22,55-23)32-44-12,68(56-24,57-25)33-45-13)37-62(47-15,48-16)28-40-8/h8-26,58H,1-7H3. The lowest BCUT2D eigenvalue weighted by Gasteiger charge is -2.69. The maximum Gasteiger partial charge on any atom is 0.420 e. The molecule has 0 fully saturated rings. The summed E-state index contributed by atoms with van der Waals surface area (Å²) >= 11 is 0. The second-order valence-electron chi connectivity index (χ2n) is 14.0. The lowest BCUT2D eigenvalue weighted by Crippen LogP contribution is -3.13. The Hall–Kier alpha value is 5.70. The molecule has 0 saturated carbocycles. The van der Waals surface area contributed by atoms with E-state index in [-0.39, 0.29) is 0 Å². The quantitative estimate of drug-likeness (QED) is 0.0252.